The van der Waals surface area contributed by atoms with E-state index in [2.05, 4.69) is 54.5 Å². The topological polar surface area (TPSA) is 472 Å². The molecule has 540 valence electrons. The van der Waals surface area contributed by atoms with Crippen LogP contribution in [-0.2, 0) is 61.6 Å². The van der Waals surface area contributed by atoms with Crippen LogP contribution in [0.3, 0.4) is 0 Å². The number of hydrogen-bond donors (Lipinski definition) is 17. The van der Waals surface area contributed by atoms with Crippen LogP contribution in [0.2, 0.25) is 0 Å². The highest BCUT2D eigenvalue weighted by Gasteiger charge is 2.70. The highest BCUT2D eigenvalue weighted by molar-refractivity contribution is 5.79. The maximum atomic E-state index is 15.2. The summed E-state index contributed by atoms with van der Waals surface area (Å²) in [4.78, 5) is 15.2. The predicted molar refractivity (Wildman–Crippen MR) is 315 cm³/mol. The first-order valence-corrected chi connectivity index (χ1v) is 33.5. The third-order valence-corrected chi connectivity index (χ3v) is 24.8. The maximum absolute atomic E-state index is 15.2. The molecule has 17 N–H and O–H groups in total. The average molecular weight is 1350 g/mol. The second-order valence-corrected chi connectivity index (χ2v) is 31.0. The van der Waals surface area contributed by atoms with Gasteiger partial charge in [0, 0.05) is 0 Å². The van der Waals surface area contributed by atoms with E-state index in [1.807, 2.05) is 0 Å². The van der Waals surface area contributed by atoms with Gasteiger partial charge in [-0.1, -0.05) is 60.1 Å². The molecule has 0 amide bonds. The monoisotopic (exact) mass is 1350 g/mol. The van der Waals surface area contributed by atoms with Crippen LogP contribution in [0, 0.1) is 50.2 Å². The number of aliphatic hydroxyl groups is 17. The smallest absolute Gasteiger partial charge is 0.315 e. The van der Waals surface area contributed by atoms with Gasteiger partial charge >= 0.3 is 5.97 Å². The van der Waals surface area contributed by atoms with Gasteiger partial charge in [-0.15, -0.1) is 0 Å². The van der Waals surface area contributed by atoms with Crippen LogP contribution < -0.4 is 0 Å². The Hall–Kier alpha value is -1.91. The molecule has 0 aromatic carbocycles. The molecule has 94 heavy (non-hydrogen) atoms. The molecule has 0 unspecified atom stereocenters. The summed E-state index contributed by atoms with van der Waals surface area (Å²) in [7, 11) is 0. The van der Waals surface area contributed by atoms with Gasteiger partial charge in [0.15, 0.2) is 31.5 Å². The van der Waals surface area contributed by atoms with E-state index in [9.17, 15) is 86.8 Å². The van der Waals surface area contributed by atoms with Crippen molar-refractivity contribution in [2.45, 2.75) is 298 Å². The Bertz CT molecular complexity index is 2640. The first-order valence-electron chi connectivity index (χ1n) is 33.5. The zero-order chi connectivity index (χ0) is 68.4. The van der Waals surface area contributed by atoms with Crippen LogP contribution in [0.1, 0.15) is 120 Å². The fraction of sp³-hybridized carbons (Fsp3) is 0.953. The predicted octanol–water partition coefficient (Wildman–Crippen LogP) is -4.08. The number of allylic oxidation sites excluding steroid dienone is 2. The lowest BCUT2D eigenvalue weighted by Gasteiger charge is -2.71. The summed E-state index contributed by atoms with van der Waals surface area (Å²) in [6.07, 6.45) is -37.0. The van der Waals surface area contributed by atoms with E-state index in [-0.39, 0.29) is 46.0 Å². The average Bonchev–Trinajstić information content (AvgIpc) is 0.676. The molecule has 6 heterocycles. The zero-order valence-electron chi connectivity index (χ0n) is 54.6. The van der Waals surface area contributed by atoms with Gasteiger partial charge in [0.1, 0.15) is 128 Å². The number of hydrogen-bond acceptors (Lipinski definition) is 30. The van der Waals surface area contributed by atoms with E-state index < -0.39 is 221 Å². The van der Waals surface area contributed by atoms with E-state index >= 15 is 4.79 Å². The molecule has 0 aromatic heterocycles. The molecule has 5 aliphatic carbocycles. The highest BCUT2D eigenvalue weighted by Crippen LogP contribution is 2.76. The Morgan fingerprint density at radius 1 is 0.511 bits per heavy atom. The molecule has 36 atom stereocenters. The first kappa shape index (κ1) is 73.3. The Labute approximate surface area is 545 Å². The second kappa shape index (κ2) is 27.5. The summed E-state index contributed by atoms with van der Waals surface area (Å²) < 4.78 is 71.3. The van der Waals surface area contributed by atoms with Crippen LogP contribution in [0.25, 0.3) is 0 Å². The molecule has 0 aromatic rings. The Morgan fingerprint density at radius 3 is 1.73 bits per heavy atom. The lowest BCUT2D eigenvalue weighted by atomic mass is 9.33. The molecule has 10 fully saturated rings. The molecule has 30 nitrogen and oxygen atoms in total. The Morgan fingerprint density at radius 2 is 1.07 bits per heavy atom. The minimum atomic E-state index is -1.91. The molecular weight excluding hydrogens is 1250 g/mol. The van der Waals surface area contributed by atoms with Gasteiger partial charge < -0.3 is 144 Å². The van der Waals surface area contributed by atoms with E-state index in [1.165, 1.54) is 12.5 Å². The summed E-state index contributed by atoms with van der Waals surface area (Å²) >= 11 is 0. The van der Waals surface area contributed by atoms with E-state index in [4.69, 9.17) is 56.8 Å². The molecule has 6 saturated heterocycles. The number of aliphatic hydroxyl groups excluding tert-OH is 17. The fourth-order valence-electron chi connectivity index (χ4n) is 18.7. The zero-order valence-corrected chi connectivity index (χ0v) is 54.6. The molecule has 0 radical (unpaired) electrons. The normalized spacial score (nSPS) is 54.2. The minimum absolute atomic E-state index is 0.0940. The van der Waals surface area contributed by atoms with Gasteiger partial charge in [0.05, 0.1) is 50.7 Å². The maximum Gasteiger partial charge on any atom is 0.315 e. The standard InChI is InChI=1S/C64H104O30/c1-25-36(68)50(92-53-45(77)41(73)32(24-85-53)89-54-47(79)43(75)39(71)30(21-66)88-54)49(81)56(86-25)93-51-37(69)28(67)22-83-57(51)91-35-12-13-61(6)33(60(35,4)5)11-14-63(8)34(61)10-9-26-27-19-59(2,3)15-17-64(27,18-16-62(26,63)7)58(82)94-55-48(80)44(76)40(72)31(90-55)23-84-52-46(78)42(74)38(70)29(20-65)87-52/h9,25,27-57,65-81H,10-24H2,1-8H3/t25-,27+,28-,29+,30+,31+,32+,33-,34+,35-,36-,37-,38+,39+,40+,41-,42-,43-,44-,45+,46+,47+,48+,49+,50+,51+,52+,53-,54-,55-,56-,57-,61-,62+,63+,64-/m0/s1. The number of fused-ring (bicyclic) bond motifs is 7. The number of ether oxygens (including phenoxy) is 12. The molecule has 11 rings (SSSR count). The summed E-state index contributed by atoms with van der Waals surface area (Å²) in [6, 6.07) is 0. The lowest BCUT2D eigenvalue weighted by Crippen LogP contribution is -2.66. The third-order valence-electron chi connectivity index (χ3n) is 24.8. The SMILES string of the molecule is C[C@@H]1O[C@@H](O[C@H]2[C@H](O[C@H]3CC[C@]4(C)[C@H]5CC=C6[C@H]7CC(C)(C)CC[C@]7(C(=O)O[C@@H]7O[C@H](CO[C@@H]8O[C@H](CO)[C@@H](O)[C@H](O)[C@H]8O)[C@@H](O)[C@H](O)[C@H]7O)CC[C@@]6(C)[C@]5(C)CC[C@H]4C3(C)C)OC[C@H](O)[C@@H]2O)[C@H](O)[C@H](O[C@@H]2OC[C@@H](O[C@@H]3O[C@H](CO)[C@@H](O)[C@H](O)[C@H]3O)[C@H](O)[C@H]2O)[C@H]1O. The van der Waals surface area contributed by atoms with Crippen LogP contribution >= 0.6 is 0 Å². The number of rotatable bonds is 15. The Kier molecular flexibility index (Phi) is 21.4. The van der Waals surface area contributed by atoms with Crippen LogP contribution in [-0.4, -0.2) is 304 Å². The van der Waals surface area contributed by atoms with Gasteiger partial charge in [0.2, 0.25) is 6.29 Å². The van der Waals surface area contributed by atoms with Crippen molar-refractivity contribution in [2.75, 3.05) is 33.0 Å². The second-order valence-electron chi connectivity index (χ2n) is 31.0. The van der Waals surface area contributed by atoms with Gasteiger partial charge in [0.25, 0.3) is 0 Å². The van der Waals surface area contributed by atoms with Crippen LogP contribution in [0.4, 0.5) is 0 Å². The van der Waals surface area contributed by atoms with Gasteiger partial charge in [-0.2, -0.15) is 0 Å². The third kappa shape index (κ3) is 12.6. The fourth-order valence-corrected chi connectivity index (χ4v) is 18.7. The van der Waals surface area contributed by atoms with Crippen molar-refractivity contribution < 1.29 is 148 Å². The van der Waals surface area contributed by atoms with Crippen LogP contribution in [0.5, 0.6) is 0 Å². The van der Waals surface area contributed by atoms with E-state index in [0.717, 1.165) is 25.7 Å². The molecular formula is C64H104O30. The van der Waals surface area contributed by atoms with E-state index in [0.29, 0.717) is 38.5 Å². The first-order chi connectivity index (χ1) is 44.1. The molecule has 30 heteroatoms. The summed E-state index contributed by atoms with van der Waals surface area (Å²) in [5, 5.41) is 183. The van der Waals surface area contributed by atoms with E-state index in [1.54, 1.807) is 0 Å². The summed E-state index contributed by atoms with van der Waals surface area (Å²) in [6.45, 7) is 14.5. The number of carbonyl (C=O) groups excluding carboxylic acids is 1. The largest absolute Gasteiger partial charge is 0.432 e. The molecule has 11 aliphatic rings. The Balaban J connectivity index is 0.756. The van der Waals surface area contributed by atoms with Crippen molar-refractivity contribution in [1.82, 2.24) is 0 Å². The quantitative estimate of drug-likeness (QED) is 0.0421. The molecule has 0 bridgehead atoms. The van der Waals surface area contributed by atoms with Crippen molar-refractivity contribution in [3.8, 4) is 0 Å². The molecule has 6 aliphatic heterocycles. The number of esters is 1. The van der Waals surface area contributed by atoms with Crippen molar-refractivity contribution in [3.05, 3.63) is 11.6 Å². The highest BCUT2D eigenvalue weighted by atomic mass is 16.8. The van der Waals surface area contributed by atoms with Crippen molar-refractivity contribution in [2.24, 2.45) is 50.2 Å². The summed E-state index contributed by atoms with van der Waals surface area (Å²) in [5.74, 6) is -0.590. The van der Waals surface area contributed by atoms with Crippen molar-refractivity contribution in [1.29, 1.82) is 0 Å². The summed E-state index contributed by atoms with van der Waals surface area (Å²) in [5.41, 5.74) is -1.40. The van der Waals surface area contributed by atoms with Crippen LogP contribution in [0.15, 0.2) is 11.6 Å². The number of carbonyl (C=O) groups is 1. The van der Waals surface area contributed by atoms with Crippen molar-refractivity contribution >= 4 is 5.97 Å². The molecule has 4 saturated carbocycles. The van der Waals surface area contributed by atoms with Gasteiger partial charge in [-0.05, 0) is 116 Å². The lowest BCUT2D eigenvalue weighted by molar-refractivity contribution is -0.382. The van der Waals surface area contributed by atoms with Gasteiger partial charge in [-0.25, -0.2) is 0 Å². The minimum Gasteiger partial charge on any atom is -0.432 e. The van der Waals surface area contributed by atoms with Crippen molar-refractivity contribution in [3.63, 3.8) is 0 Å². The molecule has 0 spiro atoms. The van der Waals surface area contributed by atoms with Gasteiger partial charge in [-0.3, -0.25) is 4.79 Å².